The van der Waals surface area contributed by atoms with E-state index in [2.05, 4.69) is 0 Å². The van der Waals surface area contributed by atoms with Gasteiger partial charge in [-0.1, -0.05) is 31.2 Å². The number of fused-ring (bicyclic) bond motifs is 1. The lowest BCUT2D eigenvalue weighted by Crippen LogP contribution is -2.43. The van der Waals surface area contributed by atoms with Gasteiger partial charge in [0.05, 0.1) is 12.7 Å². The molecule has 0 amide bonds. The second-order valence-electron chi connectivity index (χ2n) is 4.94. The van der Waals surface area contributed by atoms with E-state index in [-0.39, 0.29) is 5.75 Å². The quantitative estimate of drug-likeness (QED) is 0.691. The van der Waals surface area contributed by atoms with Crippen LogP contribution in [0.25, 0.3) is 5.65 Å². The van der Waals surface area contributed by atoms with Crippen LogP contribution in [0.1, 0.15) is 13.3 Å². The van der Waals surface area contributed by atoms with Crippen molar-refractivity contribution in [3.05, 3.63) is 65.1 Å². The standard InChI is InChI=1S/C17H16N2O3/c1-2-11-18-14-10-6-7-12-19(14)17(21)15(16(18)20)22-13-8-4-3-5-9-13/h3-10,12H,2,11H2,1H3. The van der Waals surface area contributed by atoms with Gasteiger partial charge in [-0.25, -0.2) is 9.36 Å². The zero-order chi connectivity index (χ0) is 15.5. The van der Waals surface area contributed by atoms with Crippen LogP contribution in [-0.4, -0.2) is 4.40 Å². The average molecular weight is 296 g/mol. The molecular formula is C17H16N2O3. The number of hydrogen-bond donors (Lipinski definition) is 0. The molecule has 0 saturated heterocycles. The SMILES string of the molecule is CCC[n+]1c([O-])c(Oc2ccccc2)c(=O)n2ccccc21. The maximum absolute atomic E-state index is 12.6. The zero-order valence-corrected chi connectivity index (χ0v) is 12.2. The minimum Gasteiger partial charge on any atom is -0.839 e. The van der Waals surface area contributed by atoms with Crippen molar-refractivity contribution in [3.8, 4) is 17.4 Å². The van der Waals surface area contributed by atoms with Gasteiger partial charge in [-0.15, -0.1) is 0 Å². The largest absolute Gasteiger partial charge is 0.839 e. The third-order valence-electron chi connectivity index (χ3n) is 3.38. The summed E-state index contributed by atoms with van der Waals surface area (Å²) in [4.78, 5) is 12.5. The van der Waals surface area contributed by atoms with E-state index in [1.165, 1.54) is 4.40 Å². The third-order valence-corrected chi connectivity index (χ3v) is 3.38. The normalized spacial score (nSPS) is 10.8. The fraction of sp³-hybridized carbons (Fsp3) is 0.176. The number of pyridine rings is 1. The molecule has 0 aliphatic rings. The Balaban J connectivity index is 2.23. The van der Waals surface area contributed by atoms with Crippen molar-refractivity contribution < 1.29 is 14.4 Å². The lowest BCUT2D eigenvalue weighted by Gasteiger charge is -2.16. The summed E-state index contributed by atoms with van der Waals surface area (Å²) >= 11 is 0. The molecule has 2 aromatic heterocycles. The molecule has 0 aliphatic carbocycles. The van der Waals surface area contributed by atoms with Crippen LogP contribution in [-0.2, 0) is 6.54 Å². The Hall–Kier alpha value is -2.82. The Bertz CT molecular complexity index is 857. The molecule has 0 radical (unpaired) electrons. The van der Waals surface area contributed by atoms with Gasteiger partial charge < -0.3 is 9.84 Å². The molecular weight excluding hydrogens is 280 g/mol. The fourth-order valence-corrected chi connectivity index (χ4v) is 2.39. The number of ether oxygens (including phenoxy) is 1. The Morgan fingerprint density at radius 3 is 2.59 bits per heavy atom. The summed E-state index contributed by atoms with van der Waals surface area (Å²) in [5, 5.41) is 12.6. The molecule has 22 heavy (non-hydrogen) atoms. The Labute approximate surface area is 127 Å². The summed E-state index contributed by atoms with van der Waals surface area (Å²) in [5.74, 6) is -0.110. The molecule has 0 atom stereocenters. The number of aromatic nitrogens is 2. The molecule has 5 nitrogen and oxygen atoms in total. The predicted molar refractivity (Wildman–Crippen MR) is 80.1 cm³/mol. The van der Waals surface area contributed by atoms with E-state index in [1.807, 2.05) is 13.0 Å². The summed E-state index contributed by atoms with van der Waals surface area (Å²) in [5.41, 5.74) is 0.122. The van der Waals surface area contributed by atoms with Gasteiger partial charge in [0.25, 0.3) is 5.65 Å². The summed E-state index contributed by atoms with van der Waals surface area (Å²) in [7, 11) is 0. The monoisotopic (exact) mass is 296 g/mol. The van der Waals surface area contributed by atoms with Gasteiger partial charge in [0.1, 0.15) is 11.6 Å². The summed E-state index contributed by atoms with van der Waals surface area (Å²) < 4.78 is 8.58. The van der Waals surface area contributed by atoms with Crippen LogP contribution in [0.4, 0.5) is 0 Å². The van der Waals surface area contributed by atoms with Crippen molar-refractivity contribution in [1.82, 2.24) is 4.40 Å². The molecule has 3 aromatic rings. The average Bonchev–Trinajstić information content (AvgIpc) is 2.56. The number of aryl methyl sites for hydroxylation is 1. The van der Waals surface area contributed by atoms with Gasteiger partial charge in [0.15, 0.2) is 0 Å². The molecule has 0 N–H and O–H groups in total. The first-order valence-electron chi connectivity index (χ1n) is 7.19. The molecule has 0 fully saturated rings. The number of hydrogen-bond acceptors (Lipinski definition) is 3. The molecule has 0 spiro atoms. The van der Waals surface area contributed by atoms with Crippen LogP contribution >= 0.6 is 0 Å². The Kier molecular flexibility index (Phi) is 3.78. The smallest absolute Gasteiger partial charge is 0.384 e. The first-order chi connectivity index (χ1) is 10.7. The first kappa shape index (κ1) is 14.1. The van der Waals surface area contributed by atoms with Crippen LogP contribution in [0.2, 0.25) is 0 Å². The van der Waals surface area contributed by atoms with E-state index in [9.17, 15) is 9.90 Å². The summed E-state index contributed by atoms with van der Waals surface area (Å²) in [6.07, 6.45) is 2.43. The van der Waals surface area contributed by atoms with E-state index >= 15 is 0 Å². The molecule has 112 valence electrons. The minimum atomic E-state index is -0.447. The number of nitrogens with zero attached hydrogens (tertiary/aromatic N) is 2. The third kappa shape index (κ3) is 2.41. The van der Waals surface area contributed by atoms with Gasteiger partial charge >= 0.3 is 5.56 Å². The van der Waals surface area contributed by atoms with Crippen molar-refractivity contribution in [1.29, 1.82) is 0 Å². The predicted octanol–water partition coefficient (Wildman–Crippen LogP) is 1.86. The molecule has 3 rings (SSSR count). The van der Waals surface area contributed by atoms with Crippen LogP contribution in [0.3, 0.4) is 0 Å². The number of benzene rings is 1. The van der Waals surface area contributed by atoms with Gasteiger partial charge in [-0.3, -0.25) is 0 Å². The zero-order valence-electron chi connectivity index (χ0n) is 12.2. The molecule has 0 bridgehead atoms. The topological polar surface area (TPSA) is 57.7 Å². The highest BCUT2D eigenvalue weighted by atomic mass is 16.5. The first-order valence-corrected chi connectivity index (χ1v) is 7.19. The summed E-state index contributed by atoms with van der Waals surface area (Å²) in [6, 6.07) is 14.2. The highest BCUT2D eigenvalue weighted by molar-refractivity contribution is 5.39. The van der Waals surface area contributed by atoms with Crippen LogP contribution in [0.5, 0.6) is 17.4 Å². The lowest BCUT2D eigenvalue weighted by atomic mass is 10.3. The van der Waals surface area contributed by atoms with Gasteiger partial charge in [0, 0.05) is 6.07 Å². The summed E-state index contributed by atoms with van der Waals surface area (Å²) in [6.45, 7) is 2.51. The highest BCUT2D eigenvalue weighted by Gasteiger charge is 2.19. The van der Waals surface area contributed by atoms with Gasteiger partial charge in [0.2, 0.25) is 5.75 Å². The molecule has 0 saturated carbocycles. The Morgan fingerprint density at radius 2 is 1.86 bits per heavy atom. The van der Waals surface area contributed by atoms with E-state index in [1.54, 1.807) is 53.2 Å². The van der Waals surface area contributed by atoms with Gasteiger partial charge in [-0.2, -0.15) is 4.40 Å². The molecule has 5 heteroatoms. The van der Waals surface area contributed by atoms with E-state index < -0.39 is 11.4 Å². The van der Waals surface area contributed by atoms with E-state index in [0.29, 0.717) is 17.9 Å². The maximum atomic E-state index is 12.6. The molecule has 0 aliphatic heterocycles. The Morgan fingerprint density at radius 1 is 1.14 bits per heavy atom. The molecule has 0 unspecified atom stereocenters. The second kappa shape index (κ2) is 5.89. The lowest BCUT2D eigenvalue weighted by molar-refractivity contribution is -0.716. The van der Waals surface area contributed by atoms with Gasteiger partial charge in [-0.05, 0) is 24.6 Å². The van der Waals surface area contributed by atoms with Crippen LogP contribution in [0.15, 0.2) is 59.5 Å². The molecule has 1 aromatic carbocycles. The van der Waals surface area contributed by atoms with E-state index in [4.69, 9.17) is 4.74 Å². The van der Waals surface area contributed by atoms with Crippen molar-refractivity contribution >= 4 is 5.65 Å². The number of rotatable bonds is 4. The molecule has 2 heterocycles. The van der Waals surface area contributed by atoms with Crippen molar-refractivity contribution in [2.45, 2.75) is 19.9 Å². The highest BCUT2D eigenvalue weighted by Crippen LogP contribution is 2.22. The minimum absolute atomic E-state index is 0.177. The number of para-hydroxylation sites is 1. The fourth-order valence-electron chi connectivity index (χ4n) is 2.39. The second-order valence-corrected chi connectivity index (χ2v) is 4.94. The van der Waals surface area contributed by atoms with Crippen LogP contribution in [0, 0.1) is 0 Å². The van der Waals surface area contributed by atoms with Crippen LogP contribution < -0.4 is 20.0 Å². The maximum Gasteiger partial charge on any atom is 0.384 e. The van der Waals surface area contributed by atoms with Crippen molar-refractivity contribution in [2.24, 2.45) is 0 Å². The van der Waals surface area contributed by atoms with E-state index in [0.717, 1.165) is 6.42 Å². The van der Waals surface area contributed by atoms with Crippen molar-refractivity contribution in [2.75, 3.05) is 0 Å². The van der Waals surface area contributed by atoms with Crippen molar-refractivity contribution in [3.63, 3.8) is 0 Å².